The van der Waals surface area contributed by atoms with Crippen LogP contribution in [0.15, 0.2) is 48.7 Å². The first-order valence-corrected chi connectivity index (χ1v) is 7.41. The van der Waals surface area contributed by atoms with Crippen molar-refractivity contribution in [2.45, 2.75) is 19.0 Å². The number of methoxy groups -OCH3 is 1. The lowest BCUT2D eigenvalue weighted by Gasteiger charge is -2.23. The standard InChI is InChI=1S/C18H18N4O/c1-12(20)18(14-4-3-5-16(9-14)23-2)22-17-7-6-13(10-19)8-15(17)11-21-22/h3-9,11-12,18H,20H2,1-2H3. The lowest BCUT2D eigenvalue weighted by Crippen LogP contribution is -2.30. The molecule has 0 bridgehead atoms. The number of hydrogen-bond donors (Lipinski definition) is 1. The molecule has 0 amide bonds. The summed E-state index contributed by atoms with van der Waals surface area (Å²) in [6.07, 6.45) is 1.77. The van der Waals surface area contributed by atoms with Gasteiger partial charge in [-0.1, -0.05) is 12.1 Å². The van der Waals surface area contributed by atoms with E-state index in [-0.39, 0.29) is 12.1 Å². The molecule has 5 heteroatoms. The van der Waals surface area contributed by atoms with E-state index in [1.54, 1.807) is 19.4 Å². The topological polar surface area (TPSA) is 76.9 Å². The molecule has 5 nitrogen and oxygen atoms in total. The normalized spacial score (nSPS) is 13.5. The number of nitrogens with two attached hydrogens (primary N) is 1. The fourth-order valence-corrected chi connectivity index (χ4v) is 2.84. The minimum absolute atomic E-state index is 0.115. The van der Waals surface area contributed by atoms with Crippen LogP contribution in [0.3, 0.4) is 0 Å². The summed E-state index contributed by atoms with van der Waals surface area (Å²) < 4.78 is 7.23. The Labute approximate surface area is 134 Å². The smallest absolute Gasteiger partial charge is 0.119 e. The molecule has 2 N–H and O–H groups in total. The Balaban J connectivity index is 2.13. The monoisotopic (exact) mass is 306 g/mol. The molecule has 0 spiro atoms. The van der Waals surface area contributed by atoms with Gasteiger partial charge >= 0.3 is 0 Å². The van der Waals surface area contributed by atoms with E-state index in [1.807, 2.05) is 48.0 Å². The van der Waals surface area contributed by atoms with Crippen molar-refractivity contribution in [1.82, 2.24) is 9.78 Å². The molecule has 1 heterocycles. The van der Waals surface area contributed by atoms with E-state index in [1.165, 1.54) is 0 Å². The molecule has 2 atom stereocenters. The summed E-state index contributed by atoms with van der Waals surface area (Å²) in [6.45, 7) is 1.96. The summed E-state index contributed by atoms with van der Waals surface area (Å²) in [5, 5.41) is 14.5. The molecule has 23 heavy (non-hydrogen) atoms. The third-order valence-corrected chi connectivity index (χ3v) is 3.92. The summed E-state index contributed by atoms with van der Waals surface area (Å²) in [5.74, 6) is 0.788. The zero-order chi connectivity index (χ0) is 16.4. The molecular formula is C18H18N4O. The molecule has 1 aromatic heterocycles. The van der Waals surface area contributed by atoms with Crippen LogP contribution in [-0.4, -0.2) is 22.9 Å². The quantitative estimate of drug-likeness (QED) is 0.804. The first-order chi connectivity index (χ1) is 11.1. The van der Waals surface area contributed by atoms with Gasteiger partial charge in [-0.05, 0) is 42.8 Å². The van der Waals surface area contributed by atoms with Gasteiger partial charge in [0.2, 0.25) is 0 Å². The first-order valence-electron chi connectivity index (χ1n) is 7.41. The van der Waals surface area contributed by atoms with Gasteiger partial charge in [-0.25, -0.2) is 0 Å². The van der Waals surface area contributed by atoms with E-state index in [0.717, 1.165) is 22.2 Å². The fraction of sp³-hybridized carbons (Fsp3) is 0.222. The second-order valence-electron chi connectivity index (χ2n) is 5.56. The second kappa shape index (κ2) is 6.11. The SMILES string of the molecule is COc1cccc(C(C(C)N)n2ncc3cc(C#N)ccc32)c1. The number of ether oxygens (including phenoxy) is 1. The highest BCUT2D eigenvalue weighted by atomic mass is 16.5. The Hall–Kier alpha value is -2.84. The molecule has 2 aromatic carbocycles. The molecule has 2 unspecified atom stereocenters. The molecule has 0 aliphatic rings. The van der Waals surface area contributed by atoms with E-state index >= 15 is 0 Å². The fourth-order valence-electron chi connectivity index (χ4n) is 2.84. The number of benzene rings is 2. The van der Waals surface area contributed by atoms with Crippen LogP contribution in [0.1, 0.15) is 24.1 Å². The van der Waals surface area contributed by atoms with Crippen LogP contribution in [0.2, 0.25) is 0 Å². The molecular weight excluding hydrogens is 288 g/mol. The number of fused-ring (bicyclic) bond motifs is 1. The van der Waals surface area contributed by atoms with Gasteiger partial charge in [-0.3, -0.25) is 4.68 Å². The molecule has 0 aliphatic heterocycles. The van der Waals surface area contributed by atoms with Gasteiger partial charge in [0.05, 0.1) is 36.5 Å². The predicted molar refractivity (Wildman–Crippen MR) is 89.2 cm³/mol. The first kappa shape index (κ1) is 15.1. The van der Waals surface area contributed by atoms with Crippen LogP contribution in [0.5, 0.6) is 5.75 Å². The van der Waals surface area contributed by atoms with E-state index in [0.29, 0.717) is 5.56 Å². The van der Waals surface area contributed by atoms with Crippen LogP contribution in [0.4, 0.5) is 0 Å². The van der Waals surface area contributed by atoms with Crippen molar-refractivity contribution < 1.29 is 4.74 Å². The maximum atomic E-state index is 9.03. The number of aromatic nitrogens is 2. The Morgan fingerprint density at radius 1 is 1.26 bits per heavy atom. The van der Waals surface area contributed by atoms with Crippen LogP contribution < -0.4 is 10.5 Å². The van der Waals surface area contributed by atoms with Crippen LogP contribution in [0, 0.1) is 11.3 Å². The summed E-state index contributed by atoms with van der Waals surface area (Å²) in [7, 11) is 1.65. The molecule has 116 valence electrons. The maximum absolute atomic E-state index is 9.03. The van der Waals surface area contributed by atoms with Crippen LogP contribution in [0.25, 0.3) is 10.9 Å². The van der Waals surface area contributed by atoms with Crippen molar-refractivity contribution in [3.05, 3.63) is 59.8 Å². The Morgan fingerprint density at radius 2 is 2.09 bits per heavy atom. The Kier molecular flexibility index (Phi) is 4.00. The van der Waals surface area contributed by atoms with Gasteiger partial charge in [0.1, 0.15) is 5.75 Å². The van der Waals surface area contributed by atoms with Gasteiger partial charge in [-0.15, -0.1) is 0 Å². The highest BCUT2D eigenvalue weighted by Crippen LogP contribution is 2.28. The predicted octanol–water partition coefficient (Wildman–Crippen LogP) is 2.85. The second-order valence-corrected chi connectivity index (χ2v) is 5.56. The minimum atomic E-state index is -0.138. The molecule has 0 aliphatic carbocycles. The molecule has 3 rings (SSSR count). The molecule has 0 saturated carbocycles. The molecule has 0 saturated heterocycles. The van der Waals surface area contributed by atoms with Gasteiger partial charge in [0, 0.05) is 11.4 Å². The number of nitriles is 1. The highest BCUT2D eigenvalue weighted by Gasteiger charge is 2.21. The number of rotatable bonds is 4. The zero-order valence-corrected chi connectivity index (χ0v) is 13.1. The zero-order valence-electron chi connectivity index (χ0n) is 13.1. The largest absolute Gasteiger partial charge is 0.497 e. The summed E-state index contributed by atoms with van der Waals surface area (Å²) in [4.78, 5) is 0. The van der Waals surface area contributed by atoms with Crippen molar-refractivity contribution in [1.29, 1.82) is 5.26 Å². The minimum Gasteiger partial charge on any atom is -0.497 e. The molecule has 0 radical (unpaired) electrons. The van der Waals surface area contributed by atoms with E-state index in [9.17, 15) is 0 Å². The van der Waals surface area contributed by atoms with Crippen molar-refractivity contribution >= 4 is 10.9 Å². The lowest BCUT2D eigenvalue weighted by atomic mass is 10.0. The summed E-state index contributed by atoms with van der Waals surface area (Å²) in [5.41, 5.74) is 8.85. The lowest BCUT2D eigenvalue weighted by molar-refractivity contribution is 0.410. The van der Waals surface area contributed by atoms with E-state index in [2.05, 4.69) is 11.2 Å². The van der Waals surface area contributed by atoms with Crippen LogP contribution in [-0.2, 0) is 0 Å². The molecule has 0 fully saturated rings. The van der Waals surface area contributed by atoms with E-state index in [4.69, 9.17) is 15.7 Å². The van der Waals surface area contributed by atoms with Crippen molar-refractivity contribution in [3.8, 4) is 11.8 Å². The average Bonchev–Trinajstić information content (AvgIpc) is 2.97. The summed E-state index contributed by atoms with van der Waals surface area (Å²) >= 11 is 0. The van der Waals surface area contributed by atoms with Crippen molar-refractivity contribution in [3.63, 3.8) is 0 Å². The average molecular weight is 306 g/mol. The maximum Gasteiger partial charge on any atom is 0.119 e. The van der Waals surface area contributed by atoms with Gasteiger partial charge in [0.25, 0.3) is 0 Å². The summed E-state index contributed by atoms with van der Waals surface area (Å²) in [6, 6.07) is 15.3. The Morgan fingerprint density at radius 3 is 2.78 bits per heavy atom. The highest BCUT2D eigenvalue weighted by molar-refractivity contribution is 5.80. The van der Waals surface area contributed by atoms with Gasteiger partial charge < -0.3 is 10.5 Å². The number of hydrogen-bond acceptors (Lipinski definition) is 4. The molecule has 3 aromatic rings. The van der Waals surface area contributed by atoms with E-state index < -0.39 is 0 Å². The van der Waals surface area contributed by atoms with Gasteiger partial charge in [0.15, 0.2) is 0 Å². The van der Waals surface area contributed by atoms with Gasteiger partial charge in [-0.2, -0.15) is 10.4 Å². The third-order valence-electron chi connectivity index (χ3n) is 3.92. The Bertz CT molecular complexity index is 876. The third kappa shape index (κ3) is 2.77. The number of nitrogens with zero attached hydrogens (tertiary/aromatic N) is 3. The van der Waals surface area contributed by atoms with Crippen LogP contribution >= 0.6 is 0 Å². The van der Waals surface area contributed by atoms with Crippen molar-refractivity contribution in [2.75, 3.05) is 7.11 Å². The van der Waals surface area contributed by atoms with Crippen molar-refractivity contribution in [2.24, 2.45) is 5.73 Å².